The molecule has 0 unspecified atom stereocenters. The van der Waals surface area contributed by atoms with E-state index in [0.717, 1.165) is 0 Å². The third-order valence-corrected chi connectivity index (χ3v) is 2.39. The molecule has 1 amide bonds. The summed E-state index contributed by atoms with van der Waals surface area (Å²) < 4.78 is 9.99. The van der Waals surface area contributed by atoms with Crippen molar-refractivity contribution in [2.75, 3.05) is 19.7 Å². The van der Waals surface area contributed by atoms with Gasteiger partial charge in [-0.3, -0.25) is 9.59 Å². The Morgan fingerprint density at radius 2 is 1.95 bits per heavy atom. The molecular formula is C12H21ClN2O5. The second kappa shape index (κ2) is 9.55. The number of hydrogen-bond acceptors (Lipinski definition) is 6. The molecule has 116 valence electrons. The number of ether oxygens (including phenoxy) is 2. The first kappa shape index (κ1) is 18.7. The Balaban J connectivity index is 3.84. The summed E-state index contributed by atoms with van der Waals surface area (Å²) in [7, 11) is 0. The maximum absolute atomic E-state index is 11.4. The number of alkyl carbamates (subject to hydrolysis) is 1. The van der Waals surface area contributed by atoms with Crippen LogP contribution in [0.1, 0.15) is 33.1 Å². The lowest BCUT2D eigenvalue weighted by Crippen LogP contribution is -2.37. The SMILES string of the molecule is CC(C)(CCCOC(=O)CC(=O)Cl)OC(=O)NCCN. The third-order valence-electron chi connectivity index (χ3n) is 2.25. The first-order chi connectivity index (χ1) is 9.26. The molecule has 0 aliphatic rings. The predicted molar refractivity (Wildman–Crippen MR) is 73.3 cm³/mol. The highest BCUT2D eigenvalue weighted by Crippen LogP contribution is 2.17. The van der Waals surface area contributed by atoms with Crippen LogP contribution in [0.3, 0.4) is 0 Å². The van der Waals surface area contributed by atoms with E-state index in [2.05, 4.69) is 5.32 Å². The van der Waals surface area contributed by atoms with Crippen molar-refractivity contribution >= 4 is 28.9 Å². The number of hydrogen-bond donors (Lipinski definition) is 2. The zero-order valence-electron chi connectivity index (χ0n) is 11.7. The van der Waals surface area contributed by atoms with Gasteiger partial charge >= 0.3 is 12.1 Å². The molecule has 20 heavy (non-hydrogen) atoms. The predicted octanol–water partition coefficient (Wildman–Crippen LogP) is 0.929. The zero-order valence-corrected chi connectivity index (χ0v) is 12.5. The number of carbonyl (C=O) groups excluding carboxylic acids is 3. The van der Waals surface area contributed by atoms with Crippen LogP contribution < -0.4 is 11.1 Å². The van der Waals surface area contributed by atoms with Crippen LogP contribution in [0, 0.1) is 0 Å². The van der Waals surface area contributed by atoms with Crippen LogP contribution in [0.25, 0.3) is 0 Å². The van der Waals surface area contributed by atoms with Crippen molar-refractivity contribution in [2.24, 2.45) is 5.73 Å². The van der Waals surface area contributed by atoms with Crippen molar-refractivity contribution < 1.29 is 23.9 Å². The summed E-state index contributed by atoms with van der Waals surface area (Å²) in [6.45, 7) is 4.32. The molecule has 0 saturated carbocycles. The summed E-state index contributed by atoms with van der Waals surface area (Å²) in [6, 6.07) is 0. The largest absolute Gasteiger partial charge is 0.465 e. The maximum atomic E-state index is 11.4. The van der Waals surface area contributed by atoms with E-state index < -0.39 is 29.3 Å². The van der Waals surface area contributed by atoms with Crippen molar-refractivity contribution in [2.45, 2.75) is 38.7 Å². The molecule has 0 bridgehead atoms. The Bertz CT molecular complexity index is 347. The van der Waals surface area contributed by atoms with E-state index in [1.54, 1.807) is 13.8 Å². The van der Waals surface area contributed by atoms with E-state index in [9.17, 15) is 14.4 Å². The van der Waals surface area contributed by atoms with E-state index in [-0.39, 0.29) is 6.61 Å². The topological polar surface area (TPSA) is 108 Å². The Morgan fingerprint density at radius 3 is 2.50 bits per heavy atom. The molecule has 0 fully saturated rings. The van der Waals surface area contributed by atoms with E-state index in [1.807, 2.05) is 0 Å². The molecule has 0 aliphatic carbocycles. The van der Waals surface area contributed by atoms with Crippen molar-refractivity contribution in [3.63, 3.8) is 0 Å². The quantitative estimate of drug-likeness (QED) is 0.284. The number of rotatable bonds is 9. The average Bonchev–Trinajstić information content (AvgIpc) is 2.30. The molecule has 8 heteroatoms. The lowest BCUT2D eigenvalue weighted by molar-refractivity contribution is -0.145. The van der Waals surface area contributed by atoms with Crippen LogP contribution >= 0.6 is 11.6 Å². The Hall–Kier alpha value is -1.34. The van der Waals surface area contributed by atoms with E-state index in [4.69, 9.17) is 26.8 Å². The van der Waals surface area contributed by atoms with Gasteiger partial charge in [0.1, 0.15) is 12.0 Å². The van der Waals surface area contributed by atoms with Crippen LogP contribution in [-0.2, 0) is 19.1 Å². The lowest BCUT2D eigenvalue weighted by Gasteiger charge is -2.25. The highest BCUT2D eigenvalue weighted by Gasteiger charge is 2.22. The highest BCUT2D eigenvalue weighted by molar-refractivity contribution is 6.64. The fraction of sp³-hybridized carbons (Fsp3) is 0.750. The molecule has 0 aromatic heterocycles. The van der Waals surface area contributed by atoms with Gasteiger partial charge in [-0.15, -0.1) is 0 Å². The average molecular weight is 309 g/mol. The van der Waals surface area contributed by atoms with Gasteiger partial charge in [0.25, 0.3) is 0 Å². The molecule has 0 saturated heterocycles. The summed E-state index contributed by atoms with van der Waals surface area (Å²) in [5, 5.41) is 1.74. The Labute approximate surface area is 123 Å². The minimum atomic E-state index is -0.754. The molecule has 0 radical (unpaired) electrons. The summed E-state index contributed by atoms with van der Waals surface area (Å²) in [4.78, 5) is 32.8. The zero-order chi connectivity index (χ0) is 15.6. The van der Waals surface area contributed by atoms with Gasteiger partial charge in [-0.2, -0.15) is 0 Å². The summed E-state index contributed by atoms with van der Waals surface area (Å²) in [6.07, 6.45) is 0.0261. The van der Waals surface area contributed by atoms with Crippen molar-refractivity contribution in [3.8, 4) is 0 Å². The molecule has 3 N–H and O–H groups in total. The van der Waals surface area contributed by atoms with Crippen LogP contribution in [-0.4, -0.2) is 42.6 Å². The van der Waals surface area contributed by atoms with Gasteiger partial charge < -0.3 is 20.5 Å². The van der Waals surface area contributed by atoms with Crippen LogP contribution in [0.5, 0.6) is 0 Å². The van der Waals surface area contributed by atoms with E-state index >= 15 is 0 Å². The fourth-order valence-corrected chi connectivity index (χ4v) is 1.47. The van der Waals surface area contributed by atoms with Gasteiger partial charge in [0, 0.05) is 13.1 Å². The number of nitrogens with two attached hydrogens (primary N) is 1. The minimum Gasteiger partial charge on any atom is -0.465 e. The fourth-order valence-electron chi connectivity index (χ4n) is 1.36. The molecule has 0 heterocycles. The third kappa shape index (κ3) is 10.6. The van der Waals surface area contributed by atoms with Gasteiger partial charge in [0.05, 0.1) is 6.61 Å². The van der Waals surface area contributed by atoms with E-state index in [1.165, 1.54) is 0 Å². The molecule has 0 aromatic rings. The number of nitrogens with one attached hydrogen (secondary N) is 1. The second-order valence-electron chi connectivity index (χ2n) is 4.72. The Kier molecular flexibility index (Phi) is 8.91. The van der Waals surface area contributed by atoms with Crippen LogP contribution in [0.2, 0.25) is 0 Å². The van der Waals surface area contributed by atoms with Gasteiger partial charge in [-0.25, -0.2) is 4.79 Å². The van der Waals surface area contributed by atoms with Gasteiger partial charge in [-0.1, -0.05) is 0 Å². The number of esters is 1. The standard InChI is InChI=1S/C12H21ClN2O5/c1-12(2,20-11(18)15-6-5-14)4-3-7-19-10(17)8-9(13)16/h3-8,14H2,1-2H3,(H,15,18). The number of halogens is 1. The highest BCUT2D eigenvalue weighted by atomic mass is 35.5. The maximum Gasteiger partial charge on any atom is 0.407 e. The first-order valence-corrected chi connectivity index (χ1v) is 6.65. The summed E-state index contributed by atoms with van der Waals surface area (Å²) in [5.41, 5.74) is 4.56. The first-order valence-electron chi connectivity index (χ1n) is 6.27. The number of amides is 1. The van der Waals surface area contributed by atoms with Crippen LogP contribution in [0.4, 0.5) is 4.79 Å². The molecule has 0 spiro atoms. The second-order valence-corrected chi connectivity index (χ2v) is 5.14. The van der Waals surface area contributed by atoms with Gasteiger partial charge in [0.15, 0.2) is 0 Å². The monoisotopic (exact) mass is 308 g/mol. The normalized spacial score (nSPS) is 10.8. The summed E-state index contributed by atoms with van der Waals surface area (Å²) >= 11 is 5.04. The van der Waals surface area contributed by atoms with E-state index in [0.29, 0.717) is 25.9 Å². The van der Waals surface area contributed by atoms with Gasteiger partial charge in [0.2, 0.25) is 5.24 Å². The van der Waals surface area contributed by atoms with Gasteiger partial charge in [-0.05, 0) is 38.3 Å². The lowest BCUT2D eigenvalue weighted by atomic mass is 10.0. The smallest absolute Gasteiger partial charge is 0.407 e. The molecule has 0 aromatic carbocycles. The molecule has 0 aliphatic heterocycles. The van der Waals surface area contributed by atoms with Crippen molar-refractivity contribution in [3.05, 3.63) is 0 Å². The Morgan fingerprint density at radius 1 is 1.30 bits per heavy atom. The molecule has 0 atom stereocenters. The van der Waals surface area contributed by atoms with Crippen molar-refractivity contribution in [1.29, 1.82) is 0 Å². The summed E-state index contributed by atoms with van der Waals surface area (Å²) in [5.74, 6) is -0.663. The minimum absolute atomic E-state index is 0.139. The molecule has 7 nitrogen and oxygen atoms in total. The molecular weight excluding hydrogens is 288 g/mol. The van der Waals surface area contributed by atoms with Crippen molar-refractivity contribution in [1.82, 2.24) is 5.32 Å². The molecule has 0 rings (SSSR count). The van der Waals surface area contributed by atoms with Crippen LogP contribution in [0.15, 0.2) is 0 Å². The number of carbonyl (C=O) groups is 3.